The van der Waals surface area contributed by atoms with Crippen LogP contribution in [-0.4, -0.2) is 36.0 Å². The number of nitro benzene ring substituents is 1. The molecule has 3 rings (SSSR count). The minimum absolute atomic E-state index is 0.0483. The van der Waals surface area contributed by atoms with E-state index in [1.54, 1.807) is 0 Å². The van der Waals surface area contributed by atoms with Crippen molar-refractivity contribution in [2.45, 2.75) is 18.8 Å². The van der Waals surface area contributed by atoms with Crippen LogP contribution in [0.1, 0.15) is 34.0 Å². The average Bonchev–Trinajstić information content (AvgIpc) is 3.10. The van der Waals surface area contributed by atoms with Crippen LogP contribution in [0.3, 0.4) is 0 Å². The number of hydrogen-bond acceptors (Lipinski definition) is 7. The van der Waals surface area contributed by atoms with Gasteiger partial charge in [0.05, 0.1) is 12.0 Å². The lowest BCUT2D eigenvalue weighted by Gasteiger charge is -2.20. The number of nitrogens with one attached hydrogen (secondary N) is 2. The Morgan fingerprint density at radius 2 is 2.20 bits per heavy atom. The summed E-state index contributed by atoms with van der Waals surface area (Å²) in [5.74, 6) is 0.149. The number of benzene rings is 1. The maximum absolute atomic E-state index is 12.4. The summed E-state index contributed by atoms with van der Waals surface area (Å²) in [5.41, 5.74) is 0.0996. The zero-order chi connectivity index (χ0) is 17.8. The van der Waals surface area contributed by atoms with Crippen molar-refractivity contribution in [2.75, 3.05) is 25.5 Å². The number of piperidine rings is 1. The number of carbonyl (C=O) groups excluding carboxylic acids is 1. The lowest BCUT2D eigenvalue weighted by atomic mass is 9.97. The Bertz CT molecular complexity index is 786. The Hall–Kier alpha value is -2.52. The summed E-state index contributed by atoms with van der Waals surface area (Å²) in [7, 11) is 1.33. The third-order valence-electron chi connectivity index (χ3n) is 4.12. The molecule has 2 N–H and O–H groups in total. The maximum atomic E-state index is 12.4. The number of aromatic nitrogens is 1. The van der Waals surface area contributed by atoms with Crippen molar-refractivity contribution in [1.82, 2.24) is 10.3 Å². The van der Waals surface area contributed by atoms with Crippen molar-refractivity contribution < 1.29 is 14.5 Å². The number of carbonyl (C=O) groups is 1. The van der Waals surface area contributed by atoms with Crippen molar-refractivity contribution >= 4 is 28.1 Å². The van der Waals surface area contributed by atoms with E-state index in [4.69, 9.17) is 4.74 Å². The Labute approximate surface area is 148 Å². The summed E-state index contributed by atoms with van der Waals surface area (Å²) >= 11 is 1.47. The first-order chi connectivity index (χ1) is 12.1. The number of thiazole rings is 1. The van der Waals surface area contributed by atoms with Gasteiger partial charge in [0.2, 0.25) is 0 Å². The minimum atomic E-state index is -0.549. The molecule has 1 saturated heterocycles. The highest BCUT2D eigenvalue weighted by atomic mass is 32.1. The first kappa shape index (κ1) is 17.3. The number of amides is 1. The van der Waals surface area contributed by atoms with Gasteiger partial charge in [-0.3, -0.25) is 20.2 Å². The van der Waals surface area contributed by atoms with Crippen molar-refractivity contribution in [3.8, 4) is 5.75 Å². The predicted octanol–water partition coefficient (Wildman–Crippen LogP) is 2.78. The molecule has 1 amide bonds. The highest BCUT2D eigenvalue weighted by molar-refractivity contribution is 7.15. The smallest absolute Gasteiger partial charge is 0.310 e. The average molecular weight is 362 g/mol. The van der Waals surface area contributed by atoms with Crippen molar-refractivity contribution in [3.05, 3.63) is 45.0 Å². The molecule has 2 heterocycles. The van der Waals surface area contributed by atoms with Gasteiger partial charge in [0.1, 0.15) is 0 Å². The highest BCUT2D eigenvalue weighted by Crippen LogP contribution is 2.32. The molecule has 0 saturated carbocycles. The van der Waals surface area contributed by atoms with E-state index in [0.717, 1.165) is 30.8 Å². The molecular formula is C16H18N4O4S. The number of anilines is 1. The molecule has 1 aromatic carbocycles. The minimum Gasteiger partial charge on any atom is -0.490 e. The standard InChI is InChI=1S/C16H18N4O4S/c1-24-13-8-11(2-3-12(13)20(22)23)15(21)19-16-18-9-14(25-16)10-4-6-17-7-5-10/h2-3,8-10,17H,4-7H2,1H3,(H,18,19,21). The molecular weight excluding hydrogens is 344 g/mol. The fourth-order valence-corrected chi connectivity index (χ4v) is 3.76. The van der Waals surface area contributed by atoms with Crippen LogP contribution < -0.4 is 15.4 Å². The molecule has 1 aliphatic rings. The second-order valence-corrected chi connectivity index (χ2v) is 6.75. The molecule has 0 bridgehead atoms. The fourth-order valence-electron chi connectivity index (χ4n) is 2.78. The largest absolute Gasteiger partial charge is 0.490 e. The Kier molecular flexibility index (Phi) is 5.25. The van der Waals surface area contributed by atoms with Crippen LogP contribution >= 0.6 is 11.3 Å². The fraction of sp³-hybridized carbons (Fsp3) is 0.375. The van der Waals surface area contributed by atoms with Gasteiger partial charge < -0.3 is 10.1 Å². The SMILES string of the molecule is COc1cc(C(=O)Nc2ncc(C3CCNCC3)s2)ccc1[N+](=O)[O-]. The molecule has 1 fully saturated rings. The van der Waals surface area contributed by atoms with Gasteiger partial charge in [0.25, 0.3) is 5.91 Å². The molecule has 2 aromatic rings. The molecule has 0 atom stereocenters. The van der Waals surface area contributed by atoms with Gasteiger partial charge in [0, 0.05) is 28.8 Å². The number of rotatable bonds is 5. The number of methoxy groups -OCH3 is 1. The zero-order valence-electron chi connectivity index (χ0n) is 13.7. The van der Waals surface area contributed by atoms with E-state index >= 15 is 0 Å². The van der Waals surface area contributed by atoms with E-state index in [2.05, 4.69) is 15.6 Å². The molecule has 132 valence electrons. The quantitative estimate of drug-likeness (QED) is 0.626. The van der Waals surface area contributed by atoms with Crippen LogP contribution in [0.15, 0.2) is 24.4 Å². The second kappa shape index (κ2) is 7.58. The predicted molar refractivity (Wildman–Crippen MR) is 94.6 cm³/mol. The van der Waals surface area contributed by atoms with Gasteiger partial charge in [-0.25, -0.2) is 4.98 Å². The molecule has 0 aliphatic carbocycles. The van der Waals surface area contributed by atoms with E-state index in [1.807, 2.05) is 6.20 Å². The molecule has 8 nitrogen and oxygen atoms in total. The van der Waals surface area contributed by atoms with E-state index in [-0.39, 0.29) is 22.9 Å². The van der Waals surface area contributed by atoms with Crippen LogP contribution in [-0.2, 0) is 0 Å². The number of ether oxygens (including phenoxy) is 1. The number of nitrogens with zero attached hydrogens (tertiary/aromatic N) is 2. The van der Waals surface area contributed by atoms with Gasteiger partial charge in [-0.05, 0) is 37.9 Å². The van der Waals surface area contributed by atoms with Gasteiger partial charge in [-0.15, -0.1) is 11.3 Å². The summed E-state index contributed by atoms with van der Waals surface area (Å²) in [4.78, 5) is 28.2. The van der Waals surface area contributed by atoms with E-state index in [0.29, 0.717) is 11.0 Å². The summed E-state index contributed by atoms with van der Waals surface area (Å²) in [6, 6.07) is 4.02. The summed E-state index contributed by atoms with van der Waals surface area (Å²) in [6.07, 6.45) is 3.94. The molecule has 0 unspecified atom stereocenters. The number of nitro groups is 1. The van der Waals surface area contributed by atoms with Crippen LogP contribution in [0.2, 0.25) is 0 Å². The highest BCUT2D eigenvalue weighted by Gasteiger charge is 2.20. The topological polar surface area (TPSA) is 106 Å². The molecule has 0 radical (unpaired) electrons. The van der Waals surface area contributed by atoms with E-state index < -0.39 is 4.92 Å². The molecule has 1 aliphatic heterocycles. The normalized spacial score (nSPS) is 14.9. The zero-order valence-corrected chi connectivity index (χ0v) is 14.5. The molecule has 0 spiro atoms. The Balaban J connectivity index is 1.72. The first-order valence-corrected chi connectivity index (χ1v) is 8.70. The maximum Gasteiger partial charge on any atom is 0.310 e. The third-order valence-corrected chi connectivity index (χ3v) is 5.20. The summed E-state index contributed by atoms with van der Waals surface area (Å²) in [6.45, 7) is 1.99. The molecule has 1 aromatic heterocycles. The molecule has 25 heavy (non-hydrogen) atoms. The van der Waals surface area contributed by atoms with Crippen molar-refractivity contribution in [3.63, 3.8) is 0 Å². The van der Waals surface area contributed by atoms with Crippen molar-refractivity contribution in [1.29, 1.82) is 0 Å². The van der Waals surface area contributed by atoms with Crippen LogP contribution in [0.4, 0.5) is 10.8 Å². The van der Waals surface area contributed by atoms with Gasteiger partial charge in [-0.1, -0.05) is 0 Å². The second-order valence-electron chi connectivity index (χ2n) is 5.69. The Morgan fingerprint density at radius 1 is 1.44 bits per heavy atom. The van der Waals surface area contributed by atoms with E-state index in [1.165, 1.54) is 36.6 Å². The third kappa shape index (κ3) is 3.94. The van der Waals surface area contributed by atoms with Gasteiger partial charge in [-0.2, -0.15) is 0 Å². The lowest BCUT2D eigenvalue weighted by molar-refractivity contribution is -0.385. The molecule has 9 heteroatoms. The number of hydrogen-bond donors (Lipinski definition) is 2. The van der Waals surface area contributed by atoms with Gasteiger partial charge >= 0.3 is 5.69 Å². The van der Waals surface area contributed by atoms with Crippen LogP contribution in [0.25, 0.3) is 0 Å². The van der Waals surface area contributed by atoms with Crippen LogP contribution in [0, 0.1) is 10.1 Å². The lowest BCUT2D eigenvalue weighted by Crippen LogP contribution is -2.26. The first-order valence-electron chi connectivity index (χ1n) is 7.88. The van der Waals surface area contributed by atoms with Gasteiger partial charge in [0.15, 0.2) is 10.9 Å². The summed E-state index contributed by atoms with van der Waals surface area (Å²) in [5, 5.41) is 17.5. The Morgan fingerprint density at radius 3 is 2.88 bits per heavy atom. The van der Waals surface area contributed by atoms with Crippen molar-refractivity contribution in [2.24, 2.45) is 0 Å². The van der Waals surface area contributed by atoms with E-state index in [9.17, 15) is 14.9 Å². The van der Waals surface area contributed by atoms with Crippen LogP contribution in [0.5, 0.6) is 5.75 Å². The monoisotopic (exact) mass is 362 g/mol. The summed E-state index contributed by atoms with van der Waals surface area (Å²) < 4.78 is 4.99.